The average molecular weight is 398 g/mol. The zero-order valence-electron chi connectivity index (χ0n) is 16.0. The van der Waals surface area contributed by atoms with Crippen LogP contribution in [-0.2, 0) is 6.42 Å². The second-order valence-corrected chi connectivity index (χ2v) is 7.59. The molecule has 0 N–H and O–H groups in total. The summed E-state index contributed by atoms with van der Waals surface area (Å²) in [5.41, 5.74) is 0.912. The molecule has 6 nitrogen and oxygen atoms in total. The molecule has 0 amide bonds. The van der Waals surface area contributed by atoms with Crippen molar-refractivity contribution >= 4 is 17.4 Å². The number of aromatic nitrogens is 3. The van der Waals surface area contributed by atoms with E-state index in [9.17, 15) is 0 Å². The van der Waals surface area contributed by atoms with Gasteiger partial charge in [0.25, 0.3) is 0 Å². The third kappa shape index (κ3) is 4.51. The number of hydrogen-bond acceptors (Lipinski definition) is 6. The van der Waals surface area contributed by atoms with Crippen LogP contribution in [0.25, 0.3) is 11.4 Å². The summed E-state index contributed by atoms with van der Waals surface area (Å²) < 4.78 is 5.42. The normalized spacial score (nSPS) is 15.3. The number of piperidine rings is 1. The molecular formula is C21H24ClN5O. The summed E-state index contributed by atoms with van der Waals surface area (Å²) in [7, 11) is 2.18. The Hall–Kier alpha value is -2.44. The number of halogens is 1. The number of nitrogens with zero attached hydrogens (tertiary/aromatic N) is 5. The van der Waals surface area contributed by atoms with Crippen LogP contribution >= 0.6 is 11.6 Å². The minimum absolute atomic E-state index is 0.568. The quantitative estimate of drug-likeness (QED) is 0.628. The molecule has 28 heavy (non-hydrogen) atoms. The van der Waals surface area contributed by atoms with Crippen LogP contribution in [0.1, 0.15) is 18.7 Å². The summed E-state index contributed by atoms with van der Waals surface area (Å²) in [6, 6.07) is 14.1. The summed E-state index contributed by atoms with van der Waals surface area (Å²) in [4.78, 5) is 13.7. The number of hydrogen-bond donors (Lipinski definition) is 0. The van der Waals surface area contributed by atoms with Gasteiger partial charge in [-0.15, -0.1) is 0 Å². The van der Waals surface area contributed by atoms with Gasteiger partial charge in [0.15, 0.2) is 0 Å². The van der Waals surface area contributed by atoms with Crippen molar-refractivity contribution in [1.29, 1.82) is 0 Å². The van der Waals surface area contributed by atoms with Crippen molar-refractivity contribution < 1.29 is 4.52 Å². The third-order valence-corrected chi connectivity index (χ3v) is 5.56. The van der Waals surface area contributed by atoms with E-state index >= 15 is 0 Å². The van der Waals surface area contributed by atoms with Gasteiger partial charge in [-0.1, -0.05) is 22.8 Å². The highest BCUT2D eigenvalue weighted by atomic mass is 35.5. The first-order valence-corrected chi connectivity index (χ1v) is 10.0. The molecule has 1 saturated heterocycles. The highest BCUT2D eigenvalue weighted by Crippen LogP contribution is 2.21. The predicted molar refractivity (Wildman–Crippen MR) is 111 cm³/mol. The Morgan fingerprint density at radius 3 is 2.64 bits per heavy atom. The molecule has 3 aromatic rings. The molecule has 0 spiro atoms. The molecule has 0 bridgehead atoms. The monoisotopic (exact) mass is 397 g/mol. The van der Waals surface area contributed by atoms with Crippen molar-refractivity contribution in [2.24, 2.45) is 0 Å². The topological polar surface area (TPSA) is 58.3 Å². The van der Waals surface area contributed by atoms with Crippen LogP contribution in [0.2, 0.25) is 5.02 Å². The zero-order valence-corrected chi connectivity index (χ0v) is 16.7. The van der Waals surface area contributed by atoms with E-state index in [1.807, 2.05) is 42.6 Å². The van der Waals surface area contributed by atoms with Crippen molar-refractivity contribution in [2.45, 2.75) is 25.3 Å². The van der Waals surface area contributed by atoms with E-state index in [2.05, 4.69) is 38.0 Å². The maximum absolute atomic E-state index is 5.93. The molecule has 0 aliphatic carbocycles. The van der Waals surface area contributed by atoms with Crippen LogP contribution in [0, 0.1) is 0 Å². The Kier molecular flexibility index (Phi) is 5.88. The maximum atomic E-state index is 5.93. The number of likely N-dealkylation sites (N-methyl/N-ethyl adjacent to an activating group) is 1. The molecule has 1 aliphatic rings. The van der Waals surface area contributed by atoms with Gasteiger partial charge in [-0.3, -0.25) is 0 Å². The van der Waals surface area contributed by atoms with Gasteiger partial charge >= 0.3 is 0 Å². The van der Waals surface area contributed by atoms with E-state index < -0.39 is 0 Å². The van der Waals surface area contributed by atoms with Crippen LogP contribution in [-0.4, -0.2) is 52.7 Å². The maximum Gasteiger partial charge on any atom is 0.228 e. The summed E-state index contributed by atoms with van der Waals surface area (Å²) in [6.45, 7) is 2.97. The molecule has 0 saturated carbocycles. The summed E-state index contributed by atoms with van der Waals surface area (Å²) in [5, 5.41) is 4.79. The Morgan fingerprint density at radius 2 is 1.93 bits per heavy atom. The molecule has 3 heterocycles. The minimum atomic E-state index is 0.568. The Bertz CT molecular complexity index is 875. The van der Waals surface area contributed by atoms with Crippen molar-refractivity contribution in [3.05, 3.63) is 59.6 Å². The van der Waals surface area contributed by atoms with E-state index in [1.54, 1.807) is 0 Å². The SMILES string of the molecule is CN(CCc1nc(-c2ccc(Cl)cc2)no1)C1CCN(c2ccccn2)CC1. The highest BCUT2D eigenvalue weighted by molar-refractivity contribution is 6.30. The van der Waals surface area contributed by atoms with Crippen molar-refractivity contribution in [3.63, 3.8) is 0 Å². The fraction of sp³-hybridized carbons (Fsp3) is 0.381. The molecule has 7 heteroatoms. The van der Waals surface area contributed by atoms with Crippen LogP contribution in [0.5, 0.6) is 0 Å². The van der Waals surface area contributed by atoms with Gasteiger partial charge < -0.3 is 14.3 Å². The molecular weight excluding hydrogens is 374 g/mol. The van der Waals surface area contributed by atoms with E-state index in [0.29, 0.717) is 22.8 Å². The largest absolute Gasteiger partial charge is 0.357 e. The lowest BCUT2D eigenvalue weighted by Gasteiger charge is -2.37. The molecule has 4 rings (SSSR count). The summed E-state index contributed by atoms with van der Waals surface area (Å²) in [6.07, 6.45) is 4.87. The van der Waals surface area contributed by atoms with Crippen molar-refractivity contribution in [1.82, 2.24) is 20.0 Å². The van der Waals surface area contributed by atoms with E-state index in [4.69, 9.17) is 16.1 Å². The summed E-state index contributed by atoms with van der Waals surface area (Å²) in [5.74, 6) is 2.35. The number of pyridine rings is 1. The van der Waals surface area contributed by atoms with Crippen LogP contribution in [0.15, 0.2) is 53.2 Å². The zero-order chi connectivity index (χ0) is 19.3. The standard InChI is InChI=1S/C21H24ClN5O/c1-26(18-9-14-27(15-10-18)19-4-2-3-12-23-19)13-11-20-24-21(25-28-20)16-5-7-17(22)8-6-16/h2-8,12,18H,9-11,13-15H2,1H3. The molecule has 0 radical (unpaired) electrons. The summed E-state index contributed by atoms with van der Waals surface area (Å²) >= 11 is 5.93. The second-order valence-electron chi connectivity index (χ2n) is 7.16. The van der Waals surface area contributed by atoms with Gasteiger partial charge in [0, 0.05) is 48.9 Å². The number of rotatable bonds is 6. The number of benzene rings is 1. The first kappa shape index (κ1) is 18.9. The fourth-order valence-corrected chi connectivity index (χ4v) is 3.73. The Labute approximate surface area is 170 Å². The van der Waals surface area contributed by atoms with Crippen LogP contribution in [0.4, 0.5) is 5.82 Å². The molecule has 1 fully saturated rings. The smallest absolute Gasteiger partial charge is 0.228 e. The van der Waals surface area contributed by atoms with E-state index in [-0.39, 0.29) is 0 Å². The number of anilines is 1. The molecule has 146 valence electrons. The van der Waals surface area contributed by atoms with Gasteiger partial charge in [-0.2, -0.15) is 4.98 Å². The lowest BCUT2D eigenvalue weighted by Crippen LogP contribution is -2.44. The van der Waals surface area contributed by atoms with Gasteiger partial charge in [-0.05, 0) is 56.3 Å². The van der Waals surface area contributed by atoms with Gasteiger partial charge in [0.2, 0.25) is 11.7 Å². The highest BCUT2D eigenvalue weighted by Gasteiger charge is 2.23. The molecule has 0 unspecified atom stereocenters. The third-order valence-electron chi connectivity index (χ3n) is 5.31. The molecule has 0 atom stereocenters. The molecule has 1 aromatic carbocycles. The first-order valence-electron chi connectivity index (χ1n) is 9.64. The van der Waals surface area contributed by atoms with Crippen LogP contribution < -0.4 is 4.90 Å². The lowest BCUT2D eigenvalue weighted by molar-refractivity contribution is 0.203. The van der Waals surface area contributed by atoms with Gasteiger partial charge in [-0.25, -0.2) is 4.98 Å². The van der Waals surface area contributed by atoms with E-state index in [0.717, 1.165) is 50.3 Å². The lowest BCUT2D eigenvalue weighted by atomic mass is 10.0. The Balaban J connectivity index is 1.27. The first-order chi connectivity index (χ1) is 13.7. The Morgan fingerprint density at radius 1 is 1.14 bits per heavy atom. The van der Waals surface area contributed by atoms with E-state index in [1.165, 1.54) is 0 Å². The van der Waals surface area contributed by atoms with Crippen molar-refractivity contribution in [2.75, 3.05) is 31.6 Å². The predicted octanol–water partition coefficient (Wildman–Crippen LogP) is 3.93. The average Bonchev–Trinajstić information content (AvgIpc) is 3.22. The molecule has 1 aliphatic heterocycles. The van der Waals surface area contributed by atoms with Crippen LogP contribution in [0.3, 0.4) is 0 Å². The second kappa shape index (κ2) is 8.71. The van der Waals surface area contributed by atoms with Gasteiger partial charge in [0.05, 0.1) is 0 Å². The van der Waals surface area contributed by atoms with Crippen molar-refractivity contribution in [3.8, 4) is 11.4 Å². The van der Waals surface area contributed by atoms with Gasteiger partial charge in [0.1, 0.15) is 5.82 Å². The molecule has 2 aromatic heterocycles. The fourth-order valence-electron chi connectivity index (χ4n) is 3.60. The minimum Gasteiger partial charge on any atom is -0.357 e.